The third-order valence-corrected chi connectivity index (χ3v) is 5.07. The van der Waals surface area contributed by atoms with Gasteiger partial charge in [0, 0.05) is 35.3 Å². The Morgan fingerprint density at radius 2 is 2.19 bits per heavy atom. The molecule has 2 rings (SSSR count). The third-order valence-electron chi connectivity index (χ3n) is 3.19. The molecule has 2 unspecified atom stereocenters. The first kappa shape index (κ1) is 21.2. The van der Waals surface area contributed by atoms with E-state index in [-0.39, 0.29) is 35.3 Å². The molecule has 1 aromatic carbocycles. The number of nitrogens with one attached hydrogen (secondary N) is 1. The Hall–Kier alpha value is -1.10. The fourth-order valence-electron chi connectivity index (χ4n) is 2.13. The smallest absolute Gasteiger partial charge is 0.308 e. The summed E-state index contributed by atoms with van der Waals surface area (Å²) in [7, 11) is 0. The lowest BCUT2D eigenvalue weighted by Gasteiger charge is -2.11. The van der Waals surface area contributed by atoms with Crippen LogP contribution in [0.15, 0.2) is 22.6 Å². The number of benzene rings is 1. The number of alkyl halides is 1. The molecule has 142 valence electrons. The van der Waals surface area contributed by atoms with Crippen LogP contribution in [-0.2, 0) is 16.1 Å². The summed E-state index contributed by atoms with van der Waals surface area (Å²) < 4.78 is 34.1. The second-order valence-electron chi connectivity index (χ2n) is 5.08. The lowest BCUT2D eigenvalue weighted by Crippen LogP contribution is -2.18. The van der Waals surface area contributed by atoms with Crippen molar-refractivity contribution in [2.45, 2.75) is 18.2 Å². The molecule has 2 atom stereocenters. The highest BCUT2D eigenvalue weighted by Crippen LogP contribution is 2.49. The van der Waals surface area contributed by atoms with Gasteiger partial charge in [-0.3, -0.25) is 9.00 Å². The van der Waals surface area contributed by atoms with Crippen LogP contribution in [0.25, 0.3) is 11.3 Å². The Bertz CT molecular complexity index is 844. The van der Waals surface area contributed by atoms with E-state index in [2.05, 4.69) is 20.7 Å². The van der Waals surface area contributed by atoms with Gasteiger partial charge in [-0.25, -0.2) is 4.72 Å². The van der Waals surface area contributed by atoms with E-state index in [9.17, 15) is 18.7 Å². The molecule has 0 bridgehead atoms. The van der Waals surface area contributed by atoms with Gasteiger partial charge in [0.1, 0.15) is 0 Å². The normalized spacial score (nSPS) is 13.4. The van der Waals surface area contributed by atoms with Crippen molar-refractivity contribution < 1.29 is 27.8 Å². The summed E-state index contributed by atoms with van der Waals surface area (Å²) in [4.78, 5) is 10.8. The van der Waals surface area contributed by atoms with Crippen LogP contribution >= 0.6 is 39.1 Å². The molecule has 0 aliphatic carbocycles. The maximum absolute atomic E-state index is 11.4. The zero-order chi connectivity index (χ0) is 19.4. The van der Waals surface area contributed by atoms with Gasteiger partial charge in [0.25, 0.3) is 0 Å². The highest BCUT2D eigenvalue weighted by atomic mass is 79.9. The quantitative estimate of drug-likeness (QED) is 0.347. The van der Waals surface area contributed by atoms with Crippen LogP contribution in [0, 0.1) is 0 Å². The minimum absolute atomic E-state index is 0.0199. The molecule has 26 heavy (non-hydrogen) atoms. The van der Waals surface area contributed by atoms with E-state index in [1.165, 1.54) is 19.1 Å². The van der Waals surface area contributed by atoms with Gasteiger partial charge < -0.3 is 18.8 Å². The molecule has 1 heterocycles. The molecule has 0 saturated carbocycles. The summed E-state index contributed by atoms with van der Waals surface area (Å²) in [6, 6.07) is 4.60. The van der Waals surface area contributed by atoms with Crippen molar-refractivity contribution in [1.29, 1.82) is 0 Å². The molecule has 2 N–H and O–H groups in total. The fraction of sp³-hybridized carbons (Fsp3) is 0.267. The number of ether oxygens (including phenoxy) is 1. The van der Waals surface area contributed by atoms with Crippen molar-refractivity contribution in [2.24, 2.45) is 0 Å². The minimum atomic E-state index is -2.41. The summed E-state index contributed by atoms with van der Waals surface area (Å²) >= 11 is 13.0. The molecule has 7 nitrogen and oxygen atoms in total. The average Bonchev–Trinajstić information content (AvgIpc) is 2.86. The number of esters is 1. The minimum Gasteiger partial charge on any atom is -0.760 e. The Labute approximate surface area is 170 Å². The monoisotopic (exact) mass is 484 g/mol. The van der Waals surface area contributed by atoms with Crippen LogP contribution in [0.2, 0.25) is 10.0 Å². The van der Waals surface area contributed by atoms with Gasteiger partial charge in [0.05, 0.1) is 9.85 Å². The summed E-state index contributed by atoms with van der Waals surface area (Å²) in [5.41, 5.74) is 0.315. The average molecular weight is 486 g/mol. The molecular weight excluding hydrogens is 473 g/mol. The van der Waals surface area contributed by atoms with E-state index in [4.69, 9.17) is 32.4 Å². The van der Waals surface area contributed by atoms with Gasteiger partial charge in [0.2, 0.25) is 11.5 Å². The van der Waals surface area contributed by atoms with Crippen LogP contribution in [0.3, 0.4) is 0 Å². The molecule has 0 fully saturated rings. The number of furan rings is 1. The first-order chi connectivity index (χ1) is 12.2. The number of aromatic hydroxyl groups is 1. The number of carbonyl (C=O) groups is 1. The summed E-state index contributed by atoms with van der Waals surface area (Å²) in [5.74, 6) is -1.15. The van der Waals surface area contributed by atoms with Crippen LogP contribution in [0.4, 0.5) is 0 Å². The molecule has 0 aliphatic rings. The molecule has 0 aliphatic heterocycles. The van der Waals surface area contributed by atoms with Crippen molar-refractivity contribution in [2.75, 3.05) is 6.54 Å². The van der Waals surface area contributed by atoms with Crippen molar-refractivity contribution in [3.63, 3.8) is 0 Å². The second-order valence-corrected chi connectivity index (χ2v) is 7.78. The molecule has 1 aromatic heterocycles. The van der Waals surface area contributed by atoms with E-state index in [1.54, 1.807) is 6.07 Å². The zero-order valence-electron chi connectivity index (χ0n) is 13.3. The van der Waals surface area contributed by atoms with Gasteiger partial charge in [-0.1, -0.05) is 39.1 Å². The van der Waals surface area contributed by atoms with Gasteiger partial charge in [-0.05, 0) is 24.6 Å². The van der Waals surface area contributed by atoms with Gasteiger partial charge in [0.15, 0.2) is 11.5 Å². The van der Waals surface area contributed by atoms with Crippen molar-refractivity contribution in [3.05, 3.63) is 34.0 Å². The largest absolute Gasteiger partial charge is 0.760 e. The lowest BCUT2D eigenvalue weighted by atomic mass is 10.1. The zero-order valence-corrected chi connectivity index (χ0v) is 17.2. The predicted octanol–water partition coefficient (Wildman–Crippen LogP) is 4.09. The first-order valence-electron chi connectivity index (χ1n) is 7.17. The summed E-state index contributed by atoms with van der Waals surface area (Å²) in [6.07, 6.45) is 0.262. The second kappa shape index (κ2) is 9.20. The molecule has 0 saturated heterocycles. The highest BCUT2D eigenvalue weighted by molar-refractivity contribution is 9.09. The molecule has 11 heteroatoms. The van der Waals surface area contributed by atoms with E-state index in [0.29, 0.717) is 10.6 Å². The third kappa shape index (κ3) is 5.21. The van der Waals surface area contributed by atoms with Crippen molar-refractivity contribution >= 4 is 56.4 Å². The first-order valence-corrected chi connectivity index (χ1v) is 9.91. The van der Waals surface area contributed by atoms with E-state index >= 15 is 0 Å². The maximum atomic E-state index is 11.4. The maximum Gasteiger partial charge on any atom is 0.308 e. The van der Waals surface area contributed by atoms with Crippen LogP contribution in [0.1, 0.15) is 23.9 Å². The van der Waals surface area contributed by atoms with Crippen LogP contribution < -0.4 is 9.46 Å². The molecule has 0 spiro atoms. The number of rotatable bonds is 7. The number of halogens is 3. The van der Waals surface area contributed by atoms with E-state index < -0.39 is 27.8 Å². The van der Waals surface area contributed by atoms with Crippen molar-refractivity contribution in [1.82, 2.24) is 4.72 Å². The Morgan fingerprint density at radius 1 is 1.50 bits per heavy atom. The molecule has 0 amide bonds. The Morgan fingerprint density at radius 3 is 2.81 bits per heavy atom. The van der Waals surface area contributed by atoms with Crippen LogP contribution in [0.5, 0.6) is 11.5 Å². The number of hydrogen-bond donors (Lipinski definition) is 2. The summed E-state index contributed by atoms with van der Waals surface area (Å²) in [5, 5.41) is 11.1. The standard InChI is InChI=1S/C15H14BrCl2NO6S/c1-7(20)24-15-12(21)13(9-6-8(17)2-3-11(9)18)25-14(15)10(16)4-5-19-26(22)23/h2-3,6,10,19,21H,4-5H2,1H3,(H,22,23)/p-1. The topological polar surface area (TPSA) is 112 Å². The van der Waals surface area contributed by atoms with Gasteiger partial charge in [-0.2, -0.15) is 0 Å². The molecule has 2 aromatic rings. The number of hydrogen-bond acceptors (Lipinski definition) is 6. The van der Waals surface area contributed by atoms with Crippen LogP contribution in [-0.4, -0.2) is 26.4 Å². The van der Waals surface area contributed by atoms with Crippen molar-refractivity contribution in [3.8, 4) is 22.8 Å². The SMILES string of the molecule is CC(=O)Oc1c(C(Br)CCNS(=O)[O-])oc(-c2cc(Cl)ccc2Cl)c1O. The fourth-order valence-corrected chi connectivity index (χ4v) is 3.32. The summed E-state index contributed by atoms with van der Waals surface area (Å²) in [6.45, 7) is 1.27. The molecular formula is C15H13BrCl2NO6S-. The van der Waals surface area contributed by atoms with E-state index in [1.807, 2.05) is 0 Å². The lowest BCUT2D eigenvalue weighted by molar-refractivity contribution is -0.132. The molecule has 0 radical (unpaired) electrons. The van der Waals surface area contributed by atoms with E-state index in [0.717, 1.165) is 0 Å². The Balaban J connectivity index is 2.45. The van der Waals surface area contributed by atoms with Gasteiger partial charge >= 0.3 is 5.97 Å². The predicted molar refractivity (Wildman–Crippen MR) is 100 cm³/mol. The Kier molecular flexibility index (Phi) is 7.51. The van der Waals surface area contributed by atoms with Gasteiger partial charge in [-0.15, -0.1) is 0 Å². The highest BCUT2D eigenvalue weighted by Gasteiger charge is 2.29. The number of carbonyl (C=O) groups excluding carboxylic acids is 1.